The Labute approximate surface area is 202 Å². The van der Waals surface area contributed by atoms with E-state index < -0.39 is 0 Å². The average molecular weight is 484 g/mol. The second-order valence-electron chi connectivity index (χ2n) is 7.60. The molecule has 0 saturated carbocycles. The van der Waals surface area contributed by atoms with Crippen LogP contribution in [-0.2, 0) is 0 Å². The summed E-state index contributed by atoms with van der Waals surface area (Å²) in [6, 6.07) is 20.0. The van der Waals surface area contributed by atoms with Crippen LogP contribution in [0, 0.1) is 0 Å². The standard InChI is InChI=1S/C23H20ClN3OS.C2H6S/c24-19-11-20-21(12-22(26-20)28-18-9-10-29-13-18)27-23(19)16-3-1-14(2-4-16)15-5-7-17(25)8-6-15;1-3-2/h1-8,11-12,18,26H,9-10,13,25H2;1-2H3. The summed E-state index contributed by atoms with van der Waals surface area (Å²) in [6.45, 7) is 0. The lowest BCUT2D eigenvalue weighted by Gasteiger charge is -2.09. The molecule has 166 valence electrons. The molecule has 0 bridgehead atoms. The van der Waals surface area contributed by atoms with Gasteiger partial charge in [-0.2, -0.15) is 23.5 Å². The third-order valence-electron chi connectivity index (χ3n) is 5.12. The second-order valence-corrected chi connectivity index (χ2v) is 9.97. The second kappa shape index (κ2) is 10.6. The van der Waals surface area contributed by atoms with Crippen LogP contribution in [-0.4, -0.2) is 40.1 Å². The van der Waals surface area contributed by atoms with Gasteiger partial charge in [0, 0.05) is 23.1 Å². The third kappa shape index (κ3) is 5.37. The number of rotatable bonds is 4. The maximum Gasteiger partial charge on any atom is 0.193 e. The lowest BCUT2D eigenvalue weighted by molar-refractivity contribution is 0.222. The predicted molar refractivity (Wildman–Crippen MR) is 142 cm³/mol. The molecule has 0 amide bonds. The number of thioether (sulfide) groups is 2. The summed E-state index contributed by atoms with van der Waals surface area (Å²) in [5.74, 6) is 2.95. The molecule has 1 unspecified atom stereocenters. The Morgan fingerprint density at radius 2 is 1.66 bits per heavy atom. The van der Waals surface area contributed by atoms with Crippen molar-refractivity contribution in [3.05, 3.63) is 65.7 Å². The van der Waals surface area contributed by atoms with Gasteiger partial charge in [-0.1, -0.05) is 48.0 Å². The summed E-state index contributed by atoms with van der Waals surface area (Å²) in [5, 5.41) is 0.613. The molecule has 0 radical (unpaired) electrons. The van der Waals surface area contributed by atoms with Crippen LogP contribution in [0.2, 0.25) is 5.02 Å². The highest BCUT2D eigenvalue weighted by Crippen LogP contribution is 2.33. The molecule has 3 heterocycles. The third-order valence-corrected chi connectivity index (χ3v) is 6.54. The predicted octanol–water partition coefficient (Wildman–Crippen LogP) is 7.00. The van der Waals surface area contributed by atoms with Gasteiger partial charge in [0.15, 0.2) is 5.88 Å². The van der Waals surface area contributed by atoms with E-state index in [0.717, 1.165) is 62.9 Å². The van der Waals surface area contributed by atoms with Crippen LogP contribution in [0.5, 0.6) is 5.88 Å². The van der Waals surface area contributed by atoms with Gasteiger partial charge in [-0.15, -0.1) is 0 Å². The number of H-pyrrole nitrogens is 1. The molecule has 1 saturated heterocycles. The number of nitrogen functional groups attached to an aromatic ring is 1. The minimum absolute atomic E-state index is 0.267. The maximum absolute atomic E-state index is 6.55. The maximum atomic E-state index is 6.55. The number of fused-ring (bicyclic) bond motifs is 1. The highest BCUT2D eigenvalue weighted by molar-refractivity contribution is 7.99. The van der Waals surface area contributed by atoms with Crippen molar-refractivity contribution in [1.82, 2.24) is 9.97 Å². The Balaban J connectivity index is 0.000000775. The van der Waals surface area contributed by atoms with Crippen LogP contribution in [0.1, 0.15) is 6.42 Å². The molecule has 3 N–H and O–H groups in total. The van der Waals surface area contributed by atoms with Crippen LogP contribution >= 0.6 is 35.1 Å². The van der Waals surface area contributed by atoms with Gasteiger partial charge in [-0.25, -0.2) is 4.98 Å². The highest BCUT2D eigenvalue weighted by Gasteiger charge is 2.18. The fourth-order valence-corrected chi connectivity index (χ4v) is 4.91. The Hall–Kier alpha value is -2.28. The first-order valence-electron chi connectivity index (χ1n) is 10.4. The number of nitrogens with two attached hydrogens (primary N) is 1. The molecule has 1 aliphatic rings. The molecule has 1 fully saturated rings. The van der Waals surface area contributed by atoms with E-state index in [1.54, 1.807) is 11.8 Å². The molecule has 4 nitrogen and oxygen atoms in total. The molecule has 1 aliphatic heterocycles. The van der Waals surface area contributed by atoms with Crippen LogP contribution in [0.3, 0.4) is 0 Å². The summed E-state index contributed by atoms with van der Waals surface area (Å²) in [6.07, 6.45) is 5.43. The number of aromatic nitrogens is 2. The van der Waals surface area contributed by atoms with Crippen molar-refractivity contribution in [2.45, 2.75) is 12.5 Å². The quantitative estimate of drug-likeness (QED) is 0.306. The van der Waals surface area contributed by atoms with Crippen LogP contribution in [0.15, 0.2) is 60.7 Å². The van der Waals surface area contributed by atoms with Crippen LogP contribution in [0.25, 0.3) is 33.4 Å². The molecule has 32 heavy (non-hydrogen) atoms. The smallest absolute Gasteiger partial charge is 0.193 e. The first-order chi connectivity index (χ1) is 15.6. The van der Waals surface area contributed by atoms with Crippen molar-refractivity contribution < 1.29 is 4.74 Å². The number of aromatic amines is 1. The summed E-state index contributed by atoms with van der Waals surface area (Å²) in [5.41, 5.74) is 12.3. The Morgan fingerprint density at radius 1 is 1.03 bits per heavy atom. The van der Waals surface area contributed by atoms with Gasteiger partial charge in [0.1, 0.15) is 6.10 Å². The highest BCUT2D eigenvalue weighted by atomic mass is 35.5. The van der Waals surface area contributed by atoms with E-state index in [2.05, 4.69) is 17.1 Å². The van der Waals surface area contributed by atoms with E-state index in [9.17, 15) is 0 Å². The van der Waals surface area contributed by atoms with E-state index in [1.807, 2.05) is 72.8 Å². The van der Waals surface area contributed by atoms with E-state index in [-0.39, 0.29) is 6.10 Å². The van der Waals surface area contributed by atoms with Gasteiger partial charge in [0.2, 0.25) is 0 Å². The summed E-state index contributed by atoms with van der Waals surface area (Å²) < 4.78 is 6.05. The molecule has 0 spiro atoms. The average Bonchev–Trinajstić information content (AvgIpc) is 3.44. The van der Waals surface area contributed by atoms with Crippen molar-refractivity contribution in [2.24, 2.45) is 0 Å². The zero-order valence-corrected chi connectivity index (χ0v) is 20.5. The molecular formula is C25H26ClN3OS2. The number of nitrogens with one attached hydrogen (secondary N) is 1. The summed E-state index contributed by atoms with van der Waals surface area (Å²) in [4.78, 5) is 8.08. The molecule has 0 aliphatic carbocycles. The first-order valence-corrected chi connectivity index (χ1v) is 13.5. The van der Waals surface area contributed by atoms with Crippen molar-refractivity contribution in [1.29, 1.82) is 0 Å². The summed E-state index contributed by atoms with van der Waals surface area (Å²) >= 11 is 10.2. The number of pyridine rings is 1. The Morgan fingerprint density at radius 3 is 2.28 bits per heavy atom. The largest absolute Gasteiger partial charge is 0.475 e. The monoisotopic (exact) mass is 483 g/mol. The van der Waals surface area contributed by atoms with Crippen molar-refractivity contribution in [3.8, 4) is 28.3 Å². The number of hydrogen-bond donors (Lipinski definition) is 2. The van der Waals surface area contributed by atoms with Gasteiger partial charge >= 0.3 is 0 Å². The van der Waals surface area contributed by atoms with Gasteiger partial charge in [0.05, 0.1) is 21.7 Å². The number of benzene rings is 2. The molecule has 4 aromatic rings. The van der Waals surface area contributed by atoms with E-state index in [4.69, 9.17) is 27.1 Å². The molecular weight excluding hydrogens is 458 g/mol. The number of anilines is 1. The van der Waals surface area contributed by atoms with E-state index in [0.29, 0.717) is 5.02 Å². The lowest BCUT2D eigenvalue weighted by atomic mass is 10.0. The Kier molecular flexibility index (Phi) is 7.55. The number of hydrogen-bond acceptors (Lipinski definition) is 5. The molecule has 5 rings (SSSR count). The molecule has 7 heteroatoms. The van der Waals surface area contributed by atoms with Gasteiger partial charge in [0.25, 0.3) is 0 Å². The minimum atomic E-state index is 0.267. The molecule has 1 atom stereocenters. The lowest BCUT2D eigenvalue weighted by Crippen LogP contribution is -2.14. The topological polar surface area (TPSA) is 63.9 Å². The van der Waals surface area contributed by atoms with Crippen LogP contribution in [0.4, 0.5) is 5.69 Å². The fraction of sp³-hybridized carbons (Fsp3) is 0.240. The van der Waals surface area contributed by atoms with Crippen molar-refractivity contribution in [3.63, 3.8) is 0 Å². The van der Waals surface area contributed by atoms with Crippen LogP contribution < -0.4 is 10.5 Å². The molecule has 2 aromatic heterocycles. The van der Waals surface area contributed by atoms with Crippen molar-refractivity contribution >= 4 is 51.8 Å². The van der Waals surface area contributed by atoms with Gasteiger partial charge in [-0.3, -0.25) is 0 Å². The Bertz CT molecular complexity index is 1170. The normalized spacial score (nSPS) is 15.4. The van der Waals surface area contributed by atoms with E-state index in [1.165, 1.54) is 0 Å². The molecule has 2 aromatic carbocycles. The van der Waals surface area contributed by atoms with E-state index >= 15 is 0 Å². The SMILES string of the molecule is CSC.Nc1ccc(-c2ccc(-c3nc4cc(OC5CCSC5)[nH]c4cc3Cl)cc2)cc1. The van der Waals surface area contributed by atoms with Gasteiger partial charge in [-0.05, 0) is 54.0 Å². The van der Waals surface area contributed by atoms with Crippen molar-refractivity contribution in [2.75, 3.05) is 29.8 Å². The number of ether oxygens (including phenoxy) is 1. The summed E-state index contributed by atoms with van der Waals surface area (Å²) in [7, 11) is 0. The van der Waals surface area contributed by atoms with Gasteiger partial charge < -0.3 is 15.5 Å². The first kappa shape index (κ1) is 22.9. The zero-order valence-electron chi connectivity index (χ0n) is 18.1. The zero-order chi connectivity index (χ0) is 22.5. The number of halogens is 1. The fourth-order valence-electron chi connectivity index (χ4n) is 3.55. The minimum Gasteiger partial charge on any atom is -0.475 e. The number of nitrogens with zero attached hydrogens (tertiary/aromatic N) is 1.